The standard InChI is InChI=1S/C13H17ClO3/c1-8(2)6-9(3)17-12-5-4-10(13(15)16)7-11(12)14/h4-5,7-9H,6H2,1-3H3,(H,15,16). The lowest BCUT2D eigenvalue weighted by molar-refractivity contribution is 0.0697. The third-order valence-electron chi connectivity index (χ3n) is 2.31. The van der Waals surface area contributed by atoms with Crippen molar-refractivity contribution in [1.82, 2.24) is 0 Å². The van der Waals surface area contributed by atoms with Crippen molar-refractivity contribution >= 4 is 17.6 Å². The van der Waals surface area contributed by atoms with Crippen LogP contribution < -0.4 is 4.74 Å². The summed E-state index contributed by atoms with van der Waals surface area (Å²) in [5, 5.41) is 9.14. The van der Waals surface area contributed by atoms with E-state index in [1.54, 1.807) is 6.07 Å². The zero-order chi connectivity index (χ0) is 13.0. The van der Waals surface area contributed by atoms with Crippen molar-refractivity contribution in [1.29, 1.82) is 0 Å². The van der Waals surface area contributed by atoms with Gasteiger partial charge in [0.2, 0.25) is 0 Å². The van der Waals surface area contributed by atoms with E-state index in [0.717, 1.165) is 6.42 Å². The van der Waals surface area contributed by atoms with Gasteiger partial charge in [-0.1, -0.05) is 25.4 Å². The van der Waals surface area contributed by atoms with Crippen LogP contribution in [0.1, 0.15) is 37.6 Å². The van der Waals surface area contributed by atoms with E-state index in [1.807, 2.05) is 6.92 Å². The van der Waals surface area contributed by atoms with Gasteiger partial charge in [-0.05, 0) is 37.5 Å². The van der Waals surface area contributed by atoms with Gasteiger partial charge < -0.3 is 9.84 Å². The Morgan fingerprint density at radius 2 is 2.06 bits per heavy atom. The topological polar surface area (TPSA) is 46.5 Å². The number of ether oxygens (including phenoxy) is 1. The molecular weight excluding hydrogens is 240 g/mol. The quantitative estimate of drug-likeness (QED) is 0.870. The van der Waals surface area contributed by atoms with Gasteiger partial charge in [0.15, 0.2) is 0 Å². The molecule has 0 radical (unpaired) electrons. The van der Waals surface area contributed by atoms with Crippen molar-refractivity contribution in [3.05, 3.63) is 28.8 Å². The second kappa shape index (κ2) is 5.92. The number of carboxylic acids is 1. The SMILES string of the molecule is CC(C)CC(C)Oc1ccc(C(=O)O)cc1Cl. The number of carboxylic acid groups (broad SMARTS) is 1. The van der Waals surface area contributed by atoms with Crippen molar-refractivity contribution in [3.8, 4) is 5.75 Å². The molecule has 1 aromatic carbocycles. The second-order valence-corrected chi connectivity index (χ2v) is 4.92. The van der Waals surface area contributed by atoms with Crippen molar-refractivity contribution in [2.45, 2.75) is 33.3 Å². The van der Waals surface area contributed by atoms with Crippen LogP contribution in [0.3, 0.4) is 0 Å². The van der Waals surface area contributed by atoms with Gasteiger partial charge in [-0.2, -0.15) is 0 Å². The van der Waals surface area contributed by atoms with Crippen LogP contribution in [0, 0.1) is 5.92 Å². The summed E-state index contributed by atoms with van der Waals surface area (Å²) < 4.78 is 5.67. The molecule has 1 rings (SSSR count). The lowest BCUT2D eigenvalue weighted by Gasteiger charge is -2.17. The van der Waals surface area contributed by atoms with Crippen LogP contribution in [0.15, 0.2) is 18.2 Å². The Morgan fingerprint density at radius 3 is 2.53 bits per heavy atom. The fourth-order valence-corrected chi connectivity index (χ4v) is 1.88. The predicted octanol–water partition coefficient (Wildman–Crippen LogP) is 3.85. The molecule has 0 fully saturated rings. The van der Waals surface area contributed by atoms with Gasteiger partial charge >= 0.3 is 5.97 Å². The van der Waals surface area contributed by atoms with Gasteiger partial charge in [0, 0.05) is 0 Å². The van der Waals surface area contributed by atoms with E-state index < -0.39 is 5.97 Å². The molecule has 17 heavy (non-hydrogen) atoms. The summed E-state index contributed by atoms with van der Waals surface area (Å²) in [5.74, 6) is 0.0839. The highest BCUT2D eigenvalue weighted by atomic mass is 35.5. The van der Waals surface area contributed by atoms with E-state index in [9.17, 15) is 4.79 Å². The fourth-order valence-electron chi connectivity index (χ4n) is 1.66. The highest BCUT2D eigenvalue weighted by molar-refractivity contribution is 6.32. The van der Waals surface area contributed by atoms with Gasteiger partial charge in [0.1, 0.15) is 5.75 Å². The minimum atomic E-state index is -0.992. The summed E-state index contributed by atoms with van der Waals surface area (Å²) in [6.07, 6.45) is 0.986. The predicted molar refractivity (Wildman–Crippen MR) is 68.0 cm³/mol. The summed E-state index contributed by atoms with van der Waals surface area (Å²) in [7, 11) is 0. The van der Waals surface area contributed by atoms with Gasteiger partial charge in [0.25, 0.3) is 0 Å². The smallest absolute Gasteiger partial charge is 0.335 e. The van der Waals surface area contributed by atoms with Crippen molar-refractivity contribution in [2.75, 3.05) is 0 Å². The molecule has 94 valence electrons. The highest BCUT2D eigenvalue weighted by Crippen LogP contribution is 2.27. The van der Waals surface area contributed by atoms with E-state index in [-0.39, 0.29) is 11.7 Å². The molecule has 0 amide bonds. The number of carbonyl (C=O) groups is 1. The molecule has 3 nitrogen and oxygen atoms in total. The van der Waals surface area contributed by atoms with Crippen LogP contribution in [0.4, 0.5) is 0 Å². The Labute approximate surface area is 106 Å². The molecule has 0 aliphatic heterocycles. The Kier molecular flexibility index (Phi) is 4.82. The summed E-state index contributed by atoms with van der Waals surface area (Å²) in [6.45, 7) is 6.21. The number of aromatic carboxylic acids is 1. The molecule has 0 spiro atoms. The molecule has 0 saturated heterocycles. The summed E-state index contributed by atoms with van der Waals surface area (Å²) in [6, 6.07) is 4.50. The van der Waals surface area contributed by atoms with Gasteiger partial charge in [-0.25, -0.2) is 4.79 Å². The summed E-state index contributed by atoms with van der Waals surface area (Å²) in [4.78, 5) is 10.7. The first-order valence-electron chi connectivity index (χ1n) is 5.59. The van der Waals surface area contributed by atoms with Crippen molar-refractivity contribution in [3.63, 3.8) is 0 Å². The van der Waals surface area contributed by atoms with E-state index in [4.69, 9.17) is 21.4 Å². The molecule has 1 aromatic rings. The second-order valence-electron chi connectivity index (χ2n) is 4.51. The maximum atomic E-state index is 10.7. The molecule has 0 bridgehead atoms. The fraction of sp³-hybridized carbons (Fsp3) is 0.462. The molecule has 0 heterocycles. The zero-order valence-corrected chi connectivity index (χ0v) is 11.0. The van der Waals surface area contributed by atoms with Gasteiger partial charge in [-0.3, -0.25) is 0 Å². The molecule has 0 aromatic heterocycles. The number of benzene rings is 1. The number of hydrogen-bond donors (Lipinski definition) is 1. The average molecular weight is 257 g/mol. The van der Waals surface area contributed by atoms with Crippen molar-refractivity contribution in [2.24, 2.45) is 5.92 Å². The lowest BCUT2D eigenvalue weighted by Crippen LogP contribution is -2.14. The Balaban J connectivity index is 2.75. The van der Waals surface area contributed by atoms with Crippen LogP contribution in [0.2, 0.25) is 5.02 Å². The molecule has 1 unspecified atom stereocenters. The normalized spacial score (nSPS) is 12.5. The maximum Gasteiger partial charge on any atom is 0.335 e. The number of hydrogen-bond acceptors (Lipinski definition) is 2. The average Bonchev–Trinajstić information content (AvgIpc) is 2.19. The monoisotopic (exact) mass is 256 g/mol. The lowest BCUT2D eigenvalue weighted by atomic mass is 10.1. The molecule has 0 aliphatic rings. The molecule has 0 saturated carbocycles. The first kappa shape index (κ1) is 13.8. The minimum Gasteiger partial charge on any atom is -0.489 e. The van der Waals surface area contributed by atoms with E-state index >= 15 is 0 Å². The van der Waals surface area contributed by atoms with E-state index in [1.165, 1.54) is 12.1 Å². The molecular formula is C13H17ClO3. The van der Waals surface area contributed by atoms with Crippen LogP contribution in [0.5, 0.6) is 5.75 Å². The molecule has 4 heteroatoms. The molecule has 0 aliphatic carbocycles. The molecule has 1 atom stereocenters. The Bertz CT molecular complexity index is 402. The number of rotatable bonds is 5. The van der Waals surface area contributed by atoms with Gasteiger partial charge in [0.05, 0.1) is 16.7 Å². The summed E-state index contributed by atoms with van der Waals surface area (Å²) >= 11 is 5.97. The Morgan fingerprint density at radius 1 is 1.41 bits per heavy atom. The van der Waals surface area contributed by atoms with Crippen LogP contribution in [0.25, 0.3) is 0 Å². The first-order chi connectivity index (χ1) is 7.90. The third kappa shape index (κ3) is 4.27. The minimum absolute atomic E-state index is 0.0585. The van der Waals surface area contributed by atoms with E-state index in [2.05, 4.69) is 13.8 Å². The number of halogens is 1. The van der Waals surface area contributed by atoms with Gasteiger partial charge in [-0.15, -0.1) is 0 Å². The van der Waals surface area contributed by atoms with Crippen LogP contribution >= 0.6 is 11.6 Å². The summed E-state index contributed by atoms with van der Waals surface area (Å²) in [5.41, 5.74) is 0.166. The van der Waals surface area contributed by atoms with Crippen LogP contribution in [-0.4, -0.2) is 17.2 Å². The maximum absolute atomic E-state index is 10.7. The largest absolute Gasteiger partial charge is 0.489 e. The van der Waals surface area contributed by atoms with E-state index in [0.29, 0.717) is 16.7 Å². The third-order valence-corrected chi connectivity index (χ3v) is 2.61. The van der Waals surface area contributed by atoms with Crippen LogP contribution in [-0.2, 0) is 0 Å². The van der Waals surface area contributed by atoms with Crippen molar-refractivity contribution < 1.29 is 14.6 Å². The zero-order valence-electron chi connectivity index (χ0n) is 10.2. The Hall–Kier alpha value is -1.22. The first-order valence-corrected chi connectivity index (χ1v) is 5.97. The molecule has 1 N–H and O–H groups in total. The highest BCUT2D eigenvalue weighted by Gasteiger charge is 2.11.